The molecule has 0 rings (SSSR count). The molecule has 0 unspecified atom stereocenters. The van der Waals surface area contributed by atoms with Gasteiger partial charge in [0.15, 0.2) is 0 Å². The van der Waals surface area contributed by atoms with Gasteiger partial charge in [-0.15, -0.1) is 0 Å². The first kappa shape index (κ1) is 29.3. The molecule has 0 aromatic heterocycles. The maximum atomic E-state index is 9.28. The molecule has 4 N–H and O–H groups in total. The second-order valence-electron chi connectivity index (χ2n) is 0.805. The fourth-order valence-corrected chi connectivity index (χ4v) is 0. The Bertz CT molecular complexity index is 111. The van der Waals surface area contributed by atoms with E-state index in [4.69, 9.17) is 0 Å². The molecular formula is C2H4MoN2O2S6. The number of thiocarbonyl (C=S) groups is 2. The molecule has 0 fully saturated rings. The third-order valence-corrected chi connectivity index (χ3v) is 0.901. The van der Waals surface area contributed by atoms with Crippen LogP contribution in [0, 0.1) is 0 Å². The molecule has 0 amide bonds. The van der Waals surface area contributed by atoms with Crippen molar-refractivity contribution in [2.75, 3.05) is 0 Å². The first-order valence-electron chi connectivity index (χ1n) is 1.73. The van der Waals surface area contributed by atoms with Crippen molar-refractivity contribution in [3.63, 3.8) is 0 Å². The van der Waals surface area contributed by atoms with E-state index < -0.39 is 0 Å². The minimum atomic E-state index is -0.0509. The summed E-state index contributed by atoms with van der Waals surface area (Å²) in [5.41, 5.74) is 9.35. The Hall–Kier alpha value is 1.79. The second-order valence-corrected chi connectivity index (χ2v) is 3.41. The topological polar surface area (TPSA) is 98.2 Å². The zero-order valence-electron chi connectivity index (χ0n) is 5.83. The zero-order chi connectivity index (χ0) is 8.57. The van der Waals surface area contributed by atoms with Crippen molar-refractivity contribution in [3.05, 3.63) is 0 Å². The Labute approximate surface area is 125 Å². The maximum Gasteiger partial charge on any atom is 6.00 e. The molecule has 0 aliphatic carbocycles. The largest absolute Gasteiger partial charge is 6.00 e. The standard InChI is InChI=1S/2CH3NOS2.Mo.2S/c2*2-1(4)5-3;;;/h2*3H,(H2,2,4);;;/q;;+6;2*-2/p-2. The summed E-state index contributed by atoms with van der Waals surface area (Å²) in [6.07, 6.45) is 0. The number of rotatable bonds is 0. The van der Waals surface area contributed by atoms with Crippen molar-refractivity contribution in [1.29, 1.82) is 0 Å². The van der Waals surface area contributed by atoms with E-state index in [2.05, 4.69) is 35.9 Å². The molecule has 11 heteroatoms. The molecule has 0 aromatic carbocycles. The van der Waals surface area contributed by atoms with Gasteiger partial charge in [0, 0.05) is 0 Å². The predicted molar refractivity (Wildman–Crippen MR) is 65.0 cm³/mol. The first-order valence-corrected chi connectivity index (χ1v) is 4.03. The predicted octanol–water partition coefficient (Wildman–Crippen LogP) is 0.180. The van der Waals surface area contributed by atoms with Crippen LogP contribution in [0.1, 0.15) is 0 Å². The van der Waals surface area contributed by atoms with Crippen LogP contribution in [-0.4, -0.2) is 17.7 Å². The fraction of sp³-hybridized carbons (Fsp3) is 0. The van der Waals surface area contributed by atoms with Gasteiger partial charge in [-0.1, -0.05) is 24.4 Å². The van der Waals surface area contributed by atoms with Gasteiger partial charge in [-0.05, 0) is 0 Å². The van der Waals surface area contributed by atoms with Crippen LogP contribution in [0.2, 0.25) is 0 Å². The van der Waals surface area contributed by atoms with E-state index in [0.29, 0.717) is 0 Å². The van der Waals surface area contributed by atoms with E-state index in [1.807, 2.05) is 0 Å². The van der Waals surface area contributed by atoms with Gasteiger partial charge < -0.3 is 47.6 Å². The Morgan fingerprint density at radius 3 is 1.00 bits per heavy atom. The number of hydrogen-bond donors (Lipinski definition) is 2. The normalized spacial score (nSPS) is 5.69. The quantitative estimate of drug-likeness (QED) is 0.351. The number of nitrogens with two attached hydrogens (primary N) is 2. The van der Waals surface area contributed by atoms with Crippen LogP contribution in [0.3, 0.4) is 0 Å². The molecular weight excluding hydrogens is 372 g/mol. The van der Waals surface area contributed by atoms with Crippen molar-refractivity contribution < 1.29 is 30.2 Å². The van der Waals surface area contributed by atoms with Gasteiger partial charge in [0.1, 0.15) is 8.64 Å². The smallest absolute Gasteiger partial charge is 2.00 e. The molecule has 0 saturated carbocycles. The van der Waals surface area contributed by atoms with E-state index in [1.165, 1.54) is 0 Å². The molecule has 0 bridgehead atoms. The minimum absolute atomic E-state index is 0. The van der Waals surface area contributed by atoms with Crippen LogP contribution in [0.15, 0.2) is 0 Å². The van der Waals surface area contributed by atoms with Crippen LogP contribution in [-0.2, 0) is 48.1 Å². The van der Waals surface area contributed by atoms with Crippen molar-refractivity contribution in [2.24, 2.45) is 11.5 Å². The Morgan fingerprint density at radius 1 is 0.923 bits per heavy atom. The number of hydrogen-bond acceptors (Lipinski definition) is 6. The fourth-order valence-electron chi connectivity index (χ4n) is 0. The van der Waals surface area contributed by atoms with E-state index in [9.17, 15) is 9.11 Å². The van der Waals surface area contributed by atoms with E-state index in [1.54, 1.807) is 0 Å². The maximum absolute atomic E-state index is 9.28. The molecule has 13 heavy (non-hydrogen) atoms. The molecule has 0 radical (unpaired) electrons. The molecule has 76 valence electrons. The SMILES string of the molecule is NC(=S)S[O-].NC(=S)S[O-].[Mo+6].[S-2].[S-2]. The van der Waals surface area contributed by atoms with Gasteiger partial charge in [0.25, 0.3) is 0 Å². The van der Waals surface area contributed by atoms with Gasteiger partial charge >= 0.3 is 21.1 Å². The average Bonchev–Trinajstić information content (AvgIpc) is 1.89. The third kappa shape index (κ3) is 57.2. The molecule has 0 saturated heterocycles. The minimum Gasteiger partial charge on any atom is -2.00 e. The Kier molecular flexibility index (Phi) is 53.1. The Morgan fingerprint density at radius 2 is 1.00 bits per heavy atom. The van der Waals surface area contributed by atoms with E-state index in [-0.39, 0.29) is 80.8 Å². The van der Waals surface area contributed by atoms with Crippen molar-refractivity contribution >= 4 is 84.2 Å². The van der Waals surface area contributed by atoms with Crippen LogP contribution in [0.5, 0.6) is 0 Å². The van der Waals surface area contributed by atoms with Crippen molar-refractivity contribution in [1.82, 2.24) is 0 Å². The molecule has 0 aliphatic rings. The first-order chi connectivity index (χ1) is 4.54. The van der Waals surface area contributed by atoms with Crippen molar-refractivity contribution in [3.8, 4) is 0 Å². The summed E-state index contributed by atoms with van der Waals surface area (Å²) in [5.74, 6) is 0. The van der Waals surface area contributed by atoms with Gasteiger partial charge in [-0.2, -0.15) is 24.1 Å². The molecule has 0 aliphatic heterocycles. The summed E-state index contributed by atoms with van der Waals surface area (Å²) in [7, 11) is 0. The monoisotopic (exact) mass is 378 g/mol. The molecule has 4 nitrogen and oxygen atoms in total. The van der Waals surface area contributed by atoms with Gasteiger partial charge in [0.05, 0.1) is 0 Å². The van der Waals surface area contributed by atoms with E-state index >= 15 is 0 Å². The molecule has 0 spiro atoms. The summed E-state index contributed by atoms with van der Waals surface area (Å²) in [6.45, 7) is 0. The van der Waals surface area contributed by atoms with Gasteiger partial charge in [-0.3, -0.25) is 0 Å². The molecule has 0 atom stereocenters. The van der Waals surface area contributed by atoms with Crippen molar-refractivity contribution in [2.45, 2.75) is 0 Å². The average molecular weight is 376 g/mol. The molecule has 0 aromatic rings. The Balaban J connectivity index is -0.0000000267. The van der Waals surface area contributed by atoms with Gasteiger partial charge in [0.2, 0.25) is 0 Å². The summed E-state index contributed by atoms with van der Waals surface area (Å²) in [4.78, 5) is 0. The van der Waals surface area contributed by atoms with Crippen LogP contribution < -0.4 is 11.5 Å². The summed E-state index contributed by atoms with van der Waals surface area (Å²) < 4.78 is 18.5. The molecule has 0 heterocycles. The summed E-state index contributed by atoms with van der Waals surface area (Å²) in [5, 5.41) is 0. The van der Waals surface area contributed by atoms with Crippen LogP contribution in [0.25, 0.3) is 0 Å². The second kappa shape index (κ2) is 23.5. The zero-order valence-corrected chi connectivity index (χ0v) is 12.7. The summed E-state index contributed by atoms with van der Waals surface area (Å²) >= 11 is 8.53. The van der Waals surface area contributed by atoms with Gasteiger partial charge in [-0.25, -0.2) is 0 Å². The summed E-state index contributed by atoms with van der Waals surface area (Å²) in [6, 6.07) is 0. The van der Waals surface area contributed by atoms with Crippen LogP contribution in [0.4, 0.5) is 0 Å². The van der Waals surface area contributed by atoms with E-state index in [0.717, 1.165) is 0 Å². The van der Waals surface area contributed by atoms with Crippen LogP contribution >= 0.6 is 48.5 Å². The third-order valence-electron chi connectivity index (χ3n) is 0.164.